The Hall–Kier alpha value is -2.09. The van der Waals surface area contributed by atoms with Crippen molar-refractivity contribution in [2.24, 2.45) is 0 Å². The summed E-state index contributed by atoms with van der Waals surface area (Å²) in [5.74, 6) is 0.0713. The van der Waals surface area contributed by atoms with E-state index in [2.05, 4.69) is 5.32 Å². The number of hydrogen-bond donors (Lipinski definition) is 1. The van der Waals surface area contributed by atoms with Crippen molar-refractivity contribution in [2.75, 3.05) is 19.4 Å². The molecule has 1 N–H and O–H groups in total. The molecule has 0 bridgehead atoms. The first-order chi connectivity index (χ1) is 12.1. The Morgan fingerprint density at radius 3 is 2.50 bits per heavy atom. The normalized spacial score (nSPS) is 12.7. The lowest BCUT2D eigenvalue weighted by atomic mass is 10.2. The lowest BCUT2D eigenvalue weighted by molar-refractivity contribution is -0.122. The van der Waals surface area contributed by atoms with Gasteiger partial charge >= 0.3 is 0 Å². The van der Waals surface area contributed by atoms with Gasteiger partial charge in [-0.05, 0) is 49.7 Å². The smallest absolute Gasteiger partial charge is 0.265 e. The van der Waals surface area contributed by atoms with Crippen LogP contribution in [0.5, 0.6) is 5.75 Å². The molecule has 1 unspecified atom stereocenters. The van der Waals surface area contributed by atoms with E-state index in [0.29, 0.717) is 22.0 Å². The molecule has 26 heavy (non-hydrogen) atoms. The van der Waals surface area contributed by atoms with Gasteiger partial charge in [0.05, 0.1) is 4.90 Å². The summed E-state index contributed by atoms with van der Waals surface area (Å²) in [6, 6.07) is 11.5. The van der Waals surface area contributed by atoms with Gasteiger partial charge in [-0.15, -0.1) is 0 Å². The van der Waals surface area contributed by atoms with Gasteiger partial charge < -0.3 is 10.1 Å². The SMILES string of the molecule is Cc1ccc(NC(=O)C(C)Oc2cccc(Cl)c2)cc1S(=O)(=O)N(C)C. The third-order valence-electron chi connectivity index (χ3n) is 3.69. The molecule has 0 aliphatic heterocycles. The molecule has 0 spiro atoms. The Balaban J connectivity index is 2.16. The number of aryl methyl sites for hydroxylation is 1. The minimum absolute atomic E-state index is 0.142. The van der Waals surface area contributed by atoms with E-state index in [1.54, 1.807) is 50.2 Å². The van der Waals surface area contributed by atoms with Crippen LogP contribution in [-0.2, 0) is 14.8 Å². The maximum atomic E-state index is 12.4. The molecule has 2 aromatic rings. The zero-order chi connectivity index (χ0) is 19.5. The number of anilines is 1. The maximum absolute atomic E-state index is 12.4. The van der Waals surface area contributed by atoms with Crippen LogP contribution in [-0.4, -0.2) is 38.8 Å². The number of amides is 1. The first kappa shape index (κ1) is 20.2. The van der Waals surface area contributed by atoms with Crippen LogP contribution in [0.3, 0.4) is 0 Å². The summed E-state index contributed by atoms with van der Waals surface area (Å²) in [7, 11) is -0.685. The van der Waals surface area contributed by atoms with Crippen molar-refractivity contribution in [1.29, 1.82) is 0 Å². The summed E-state index contributed by atoms with van der Waals surface area (Å²) in [5, 5.41) is 3.18. The second-order valence-electron chi connectivity index (χ2n) is 5.97. The number of nitrogens with one attached hydrogen (secondary N) is 1. The Kier molecular flexibility index (Phi) is 6.28. The molecule has 0 aliphatic carbocycles. The second kappa shape index (κ2) is 8.07. The average molecular weight is 397 g/mol. The highest BCUT2D eigenvalue weighted by Gasteiger charge is 2.21. The van der Waals surface area contributed by atoms with Gasteiger partial charge in [0.1, 0.15) is 5.75 Å². The molecule has 0 aromatic heterocycles. The number of benzene rings is 2. The van der Waals surface area contributed by atoms with Crippen LogP contribution >= 0.6 is 11.6 Å². The number of nitrogens with zero attached hydrogens (tertiary/aromatic N) is 1. The van der Waals surface area contributed by atoms with Gasteiger partial charge in [-0.25, -0.2) is 12.7 Å². The van der Waals surface area contributed by atoms with Crippen molar-refractivity contribution >= 4 is 33.2 Å². The highest BCUT2D eigenvalue weighted by molar-refractivity contribution is 7.89. The first-order valence-electron chi connectivity index (χ1n) is 7.87. The molecule has 0 aliphatic rings. The van der Waals surface area contributed by atoms with Gasteiger partial charge in [0.2, 0.25) is 10.0 Å². The van der Waals surface area contributed by atoms with E-state index in [1.807, 2.05) is 0 Å². The molecule has 0 radical (unpaired) electrons. The average Bonchev–Trinajstić information content (AvgIpc) is 2.56. The van der Waals surface area contributed by atoms with Crippen molar-refractivity contribution in [1.82, 2.24) is 4.31 Å². The van der Waals surface area contributed by atoms with E-state index in [4.69, 9.17) is 16.3 Å². The van der Waals surface area contributed by atoms with E-state index in [-0.39, 0.29) is 4.90 Å². The van der Waals surface area contributed by atoms with Gasteiger partial charge in [0.15, 0.2) is 6.10 Å². The molecule has 0 saturated heterocycles. The number of ether oxygens (including phenoxy) is 1. The van der Waals surface area contributed by atoms with Crippen LogP contribution in [0, 0.1) is 6.92 Å². The maximum Gasteiger partial charge on any atom is 0.265 e. The highest BCUT2D eigenvalue weighted by atomic mass is 35.5. The predicted octanol–water partition coefficient (Wildman–Crippen LogP) is 3.30. The van der Waals surface area contributed by atoms with Gasteiger partial charge in [0.25, 0.3) is 5.91 Å². The molecule has 1 atom stereocenters. The van der Waals surface area contributed by atoms with Gasteiger partial charge in [-0.1, -0.05) is 23.7 Å². The molecule has 0 saturated carbocycles. The van der Waals surface area contributed by atoms with Crippen molar-refractivity contribution in [3.63, 3.8) is 0 Å². The van der Waals surface area contributed by atoms with Gasteiger partial charge in [-0.2, -0.15) is 0 Å². The zero-order valence-electron chi connectivity index (χ0n) is 15.0. The summed E-state index contributed by atoms with van der Waals surface area (Å²) < 4.78 is 31.4. The third-order valence-corrected chi connectivity index (χ3v) is 5.88. The quantitative estimate of drug-likeness (QED) is 0.812. The Morgan fingerprint density at radius 2 is 1.88 bits per heavy atom. The fourth-order valence-corrected chi connectivity index (χ4v) is 3.52. The summed E-state index contributed by atoms with van der Waals surface area (Å²) in [6.45, 7) is 3.30. The zero-order valence-corrected chi connectivity index (χ0v) is 16.6. The van der Waals surface area contributed by atoms with E-state index >= 15 is 0 Å². The van der Waals surface area contributed by atoms with E-state index in [0.717, 1.165) is 4.31 Å². The van der Waals surface area contributed by atoms with Crippen LogP contribution in [0.1, 0.15) is 12.5 Å². The van der Waals surface area contributed by atoms with Crippen LogP contribution in [0.4, 0.5) is 5.69 Å². The molecular weight excluding hydrogens is 376 g/mol. The molecule has 6 nitrogen and oxygen atoms in total. The number of carbonyl (C=O) groups is 1. The summed E-state index contributed by atoms with van der Waals surface area (Å²) in [6.07, 6.45) is -0.788. The Bertz CT molecular complexity index is 913. The number of hydrogen-bond acceptors (Lipinski definition) is 4. The van der Waals surface area contributed by atoms with E-state index in [9.17, 15) is 13.2 Å². The molecule has 1 amide bonds. The fraction of sp³-hybridized carbons (Fsp3) is 0.278. The lowest BCUT2D eigenvalue weighted by Gasteiger charge is -2.17. The van der Waals surface area contributed by atoms with Crippen LogP contribution in [0.15, 0.2) is 47.4 Å². The summed E-state index contributed by atoms with van der Waals surface area (Å²) in [5.41, 5.74) is 0.975. The monoisotopic (exact) mass is 396 g/mol. The standard InChI is InChI=1S/C18H21ClN2O4S/c1-12-8-9-15(11-17(12)26(23,24)21(3)4)20-18(22)13(2)25-16-7-5-6-14(19)10-16/h5-11,13H,1-4H3,(H,20,22). The topological polar surface area (TPSA) is 75.7 Å². The van der Waals surface area contributed by atoms with Crippen molar-refractivity contribution in [3.8, 4) is 5.75 Å². The molecule has 8 heteroatoms. The number of halogens is 1. The van der Waals surface area contributed by atoms with Crippen LogP contribution < -0.4 is 10.1 Å². The van der Waals surface area contributed by atoms with Crippen LogP contribution in [0.25, 0.3) is 0 Å². The number of rotatable bonds is 6. The van der Waals surface area contributed by atoms with Gasteiger partial charge in [0, 0.05) is 24.8 Å². The number of carbonyl (C=O) groups excluding carboxylic acids is 1. The van der Waals surface area contributed by atoms with Crippen LogP contribution in [0.2, 0.25) is 5.02 Å². The lowest BCUT2D eigenvalue weighted by Crippen LogP contribution is -2.30. The molecule has 2 aromatic carbocycles. The summed E-state index contributed by atoms with van der Waals surface area (Å²) in [4.78, 5) is 12.5. The highest BCUT2D eigenvalue weighted by Crippen LogP contribution is 2.23. The minimum atomic E-state index is -3.60. The number of sulfonamides is 1. The molecule has 140 valence electrons. The predicted molar refractivity (Wildman–Crippen MR) is 102 cm³/mol. The van der Waals surface area contributed by atoms with Crippen molar-refractivity contribution in [3.05, 3.63) is 53.1 Å². The Labute approximate surface area is 158 Å². The minimum Gasteiger partial charge on any atom is -0.481 e. The van der Waals surface area contributed by atoms with Crippen molar-refractivity contribution in [2.45, 2.75) is 24.8 Å². The molecule has 0 heterocycles. The van der Waals surface area contributed by atoms with Crippen molar-refractivity contribution < 1.29 is 17.9 Å². The fourth-order valence-electron chi connectivity index (χ4n) is 2.19. The third kappa shape index (κ3) is 4.75. The molecular formula is C18H21ClN2O4S. The largest absolute Gasteiger partial charge is 0.481 e. The molecule has 0 fully saturated rings. The van der Waals surface area contributed by atoms with E-state index in [1.165, 1.54) is 20.2 Å². The molecule has 2 rings (SSSR count). The summed E-state index contributed by atoms with van der Waals surface area (Å²) >= 11 is 5.90. The van der Waals surface area contributed by atoms with E-state index < -0.39 is 22.0 Å². The van der Waals surface area contributed by atoms with Gasteiger partial charge in [-0.3, -0.25) is 4.79 Å². The first-order valence-corrected chi connectivity index (χ1v) is 9.69. The Morgan fingerprint density at radius 1 is 1.19 bits per heavy atom. The second-order valence-corrected chi connectivity index (χ2v) is 8.53.